The molecule has 3 rings (SSSR count). The van der Waals surface area contributed by atoms with E-state index in [0.29, 0.717) is 42.9 Å². The van der Waals surface area contributed by atoms with Crippen LogP contribution in [0.4, 0.5) is 5.69 Å². The third kappa shape index (κ3) is 4.60. The lowest BCUT2D eigenvalue weighted by molar-refractivity contribution is -0.116. The molecule has 0 radical (unpaired) electrons. The highest BCUT2D eigenvalue weighted by Crippen LogP contribution is 2.25. The molecule has 132 valence electrons. The van der Waals surface area contributed by atoms with Crippen LogP contribution in [-0.2, 0) is 27.7 Å². The molecule has 1 aliphatic rings. The largest absolute Gasteiger partial charge is 0.326 e. The van der Waals surface area contributed by atoms with Gasteiger partial charge in [0.1, 0.15) is 0 Å². The second-order valence-corrected chi connectivity index (χ2v) is 8.20. The summed E-state index contributed by atoms with van der Waals surface area (Å²) in [6.07, 6.45) is 2.43. The van der Waals surface area contributed by atoms with Crippen molar-refractivity contribution in [3.05, 3.63) is 58.6 Å². The topological polar surface area (TPSA) is 75.3 Å². The van der Waals surface area contributed by atoms with E-state index in [2.05, 4.69) is 10.0 Å². The van der Waals surface area contributed by atoms with E-state index in [1.165, 1.54) is 6.07 Å². The highest BCUT2D eigenvalue weighted by atomic mass is 35.5. The fraction of sp³-hybridized carbons (Fsp3) is 0.278. The van der Waals surface area contributed by atoms with Crippen molar-refractivity contribution in [3.8, 4) is 0 Å². The number of amides is 1. The van der Waals surface area contributed by atoms with Gasteiger partial charge in [0.15, 0.2) is 0 Å². The van der Waals surface area contributed by atoms with Crippen molar-refractivity contribution >= 4 is 33.2 Å². The highest BCUT2D eigenvalue weighted by molar-refractivity contribution is 7.89. The van der Waals surface area contributed by atoms with Crippen LogP contribution in [0.2, 0.25) is 5.02 Å². The number of fused-ring (bicyclic) bond motifs is 1. The molecule has 1 amide bonds. The number of sulfonamides is 1. The van der Waals surface area contributed by atoms with E-state index >= 15 is 0 Å². The third-order valence-electron chi connectivity index (χ3n) is 4.13. The van der Waals surface area contributed by atoms with Gasteiger partial charge in [-0.3, -0.25) is 4.79 Å². The monoisotopic (exact) mass is 378 g/mol. The van der Waals surface area contributed by atoms with E-state index in [-0.39, 0.29) is 10.8 Å². The van der Waals surface area contributed by atoms with E-state index in [1.807, 2.05) is 12.1 Å². The maximum atomic E-state index is 12.5. The molecule has 0 bridgehead atoms. The summed E-state index contributed by atoms with van der Waals surface area (Å²) >= 11 is 5.84. The van der Waals surface area contributed by atoms with Gasteiger partial charge >= 0.3 is 0 Å². The Morgan fingerprint density at radius 1 is 1.08 bits per heavy atom. The van der Waals surface area contributed by atoms with E-state index in [0.717, 1.165) is 11.1 Å². The summed E-state index contributed by atoms with van der Waals surface area (Å²) < 4.78 is 27.6. The number of aryl methyl sites for hydroxylation is 1. The Hall–Kier alpha value is -1.89. The van der Waals surface area contributed by atoms with Crippen LogP contribution in [0.5, 0.6) is 0 Å². The van der Waals surface area contributed by atoms with Crippen LogP contribution in [0.15, 0.2) is 47.4 Å². The van der Waals surface area contributed by atoms with Gasteiger partial charge in [-0.25, -0.2) is 13.1 Å². The molecule has 1 aliphatic heterocycles. The van der Waals surface area contributed by atoms with Crippen LogP contribution >= 0.6 is 11.6 Å². The number of halogens is 1. The Morgan fingerprint density at radius 2 is 1.84 bits per heavy atom. The summed E-state index contributed by atoms with van der Waals surface area (Å²) in [5.74, 6) is -0.0320. The first-order chi connectivity index (χ1) is 11.9. The number of hydrogen-bond acceptors (Lipinski definition) is 3. The number of carbonyl (C=O) groups is 1. The Kier molecular flexibility index (Phi) is 5.42. The molecular formula is C18H19ClN2O3S. The predicted octanol–water partition coefficient (Wildman–Crippen LogP) is 3.14. The molecule has 0 saturated carbocycles. The molecule has 2 aromatic carbocycles. The lowest BCUT2D eigenvalue weighted by atomic mass is 10.1. The van der Waals surface area contributed by atoms with Crippen molar-refractivity contribution in [3.63, 3.8) is 0 Å². The van der Waals surface area contributed by atoms with Gasteiger partial charge in [-0.15, -0.1) is 0 Å². The minimum absolute atomic E-state index is 0.0320. The molecule has 2 aromatic rings. The fourth-order valence-corrected chi connectivity index (χ4v) is 3.99. The molecule has 0 unspecified atom stereocenters. The van der Waals surface area contributed by atoms with Crippen molar-refractivity contribution in [2.24, 2.45) is 0 Å². The van der Waals surface area contributed by atoms with Crippen LogP contribution in [0.1, 0.15) is 24.0 Å². The molecule has 7 heteroatoms. The van der Waals surface area contributed by atoms with Crippen LogP contribution in [0, 0.1) is 0 Å². The molecule has 0 spiro atoms. The molecule has 1 heterocycles. The molecule has 0 aromatic heterocycles. The molecule has 0 aliphatic carbocycles. The average Bonchev–Trinajstić information content (AvgIpc) is 2.76. The molecule has 0 atom stereocenters. The van der Waals surface area contributed by atoms with Crippen molar-refractivity contribution in [2.45, 2.75) is 30.6 Å². The number of rotatable bonds is 5. The van der Waals surface area contributed by atoms with E-state index in [1.54, 1.807) is 24.3 Å². The van der Waals surface area contributed by atoms with Gasteiger partial charge in [-0.05, 0) is 60.7 Å². The van der Waals surface area contributed by atoms with Gasteiger partial charge in [0.05, 0.1) is 4.90 Å². The fourth-order valence-electron chi connectivity index (χ4n) is 2.78. The number of hydrogen-bond donors (Lipinski definition) is 2. The highest BCUT2D eigenvalue weighted by Gasteiger charge is 2.18. The van der Waals surface area contributed by atoms with Crippen LogP contribution in [0.25, 0.3) is 0 Å². The first-order valence-electron chi connectivity index (χ1n) is 8.11. The SMILES string of the molecule is O=C1CCCc2cc(S(=O)(=O)NCCc3ccc(Cl)cc3)ccc2N1. The summed E-state index contributed by atoms with van der Waals surface area (Å²) in [7, 11) is -3.59. The minimum atomic E-state index is -3.59. The smallest absolute Gasteiger partial charge is 0.240 e. The molecular weight excluding hydrogens is 360 g/mol. The van der Waals surface area contributed by atoms with Gasteiger partial charge in [0.2, 0.25) is 15.9 Å². The lowest BCUT2D eigenvalue weighted by Crippen LogP contribution is -2.26. The van der Waals surface area contributed by atoms with Crippen LogP contribution in [0.3, 0.4) is 0 Å². The Morgan fingerprint density at radius 3 is 2.60 bits per heavy atom. The zero-order chi connectivity index (χ0) is 17.9. The number of nitrogens with one attached hydrogen (secondary N) is 2. The standard InChI is InChI=1S/C18H19ClN2O3S/c19-15-6-4-13(5-7-15)10-11-20-25(23,24)16-8-9-17-14(12-16)2-1-3-18(22)21-17/h4-9,12,20H,1-3,10-11H2,(H,21,22). The van der Waals surface area contributed by atoms with Gasteiger partial charge in [0.25, 0.3) is 0 Å². The van der Waals surface area contributed by atoms with Gasteiger partial charge in [-0.1, -0.05) is 23.7 Å². The van der Waals surface area contributed by atoms with Gasteiger partial charge < -0.3 is 5.32 Å². The zero-order valence-corrected chi connectivity index (χ0v) is 15.2. The maximum absolute atomic E-state index is 12.5. The minimum Gasteiger partial charge on any atom is -0.326 e. The quantitative estimate of drug-likeness (QED) is 0.839. The molecule has 5 nitrogen and oxygen atoms in total. The van der Waals surface area contributed by atoms with E-state index in [4.69, 9.17) is 11.6 Å². The molecule has 0 saturated heterocycles. The van der Waals surface area contributed by atoms with Crippen molar-refractivity contribution < 1.29 is 13.2 Å². The molecule has 2 N–H and O–H groups in total. The maximum Gasteiger partial charge on any atom is 0.240 e. The van der Waals surface area contributed by atoms with Crippen molar-refractivity contribution in [2.75, 3.05) is 11.9 Å². The lowest BCUT2D eigenvalue weighted by Gasteiger charge is -2.11. The first kappa shape index (κ1) is 17.9. The summed E-state index contributed by atoms with van der Waals surface area (Å²) in [6.45, 7) is 0.303. The molecule has 0 fully saturated rings. The molecule has 25 heavy (non-hydrogen) atoms. The first-order valence-corrected chi connectivity index (χ1v) is 9.97. The number of benzene rings is 2. The third-order valence-corrected chi connectivity index (χ3v) is 5.84. The second kappa shape index (κ2) is 7.56. The summed E-state index contributed by atoms with van der Waals surface area (Å²) in [4.78, 5) is 11.8. The van der Waals surface area contributed by atoms with Gasteiger partial charge in [-0.2, -0.15) is 0 Å². The van der Waals surface area contributed by atoms with Crippen molar-refractivity contribution in [1.82, 2.24) is 4.72 Å². The summed E-state index contributed by atoms with van der Waals surface area (Å²) in [5, 5.41) is 3.46. The van der Waals surface area contributed by atoms with Crippen LogP contribution < -0.4 is 10.0 Å². The summed E-state index contributed by atoms with van der Waals surface area (Å²) in [6, 6.07) is 12.1. The van der Waals surface area contributed by atoms with Crippen molar-refractivity contribution in [1.29, 1.82) is 0 Å². The van der Waals surface area contributed by atoms with E-state index in [9.17, 15) is 13.2 Å². The number of carbonyl (C=O) groups excluding carboxylic acids is 1. The van der Waals surface area contributed by atoms with E-state index < -0.39 is 10.0 Å². The Balaban J connectivity index is 1.68. The normalized spacial score (nSPS) is 14.5. The summed E-state index contributed by atoms with van der Waals surface area (Å²) in [5.41, 5.74) is 2.56. The number of anilines is 1. The van der Waals surface area contributed by atoms with Gasteiger partial charge in [0, 0.05) is 23.7 Å². The Labute approximate surface area is 152 Å². The average molecular weight is 379 g/mol. The predicted molar refractivity (Wildman–Crippen MR) is 98.4 cm³/mol. The second-order valence-electron chi connectivity index (χ2n) is 5.99. The Bertz CT molecular complexity index is 880. The van der Waals surface area contributed by atoms with Crippen LogP contribution in [-0.4, -0.2) is 20.9 Å². The zero-order valence-electron chi connectivity index (χ0n) is 13.6.